The first-order valence-electron chi connectivity index (χ1n) is 4.97. The van der Waals surface area contributed by atoms with Crippen molar-refractivity contribution in [1.29, 1.82) is 0 Å². The molecule has 1 aliphatic rings. The number of amides is 2. The van der Waals surface area contributed by atoms with E-state index in [2.05, 4.69) is 10.6 Å². The Morgan fingerprint density at radius 2 is 2.33 bits per heavy atom. The molecule has 6 heteroatoms. The van der Waals surface area contributed by atoms with Gasteiger partial charge in [-0.15, -0.1) is 0 Å². The van der Waals surface area contributed by atoms with Crippen LogP contribution >= 0.6 is 0 Å². The maximum absolute atomic E-state index is 11.4. The highest BCUT2D eigenvalue weighted by molar-refractivity contribution is 5.80. The molecule has 0 aliphatic carbocycles. The third-order valence-electron chi connectivity index (χ3n) is 2.60. The monoisotopic (exact) mass is 216 g/mol. The number of piperidine rings is 1. The second kappa shape index (κ2) is 4.97. The lowest BCUT2D eigenvalue weighted by Crippen LogP contribution is -2.50. The van der Waals surface area contributed by atoms with Crippen LogP contribution in [0, 0.1) is 5.92 Å². The van der Waals surface area contributed by atoms with Crippen molar-refractivity contribution < 1.29 is 19.8 Å². The van der Waals surface area contributed by atoms with Gasteiger partial charge in [-0.05, 0) is 19.8 Å². The second-order valence-electron chi connectivity index (χ2n) is 3.77. The molecule has 0 aromatic heterocycles. The molecule has 0 bridgehead atoms. The third kappa shape index (κ3) is 3.09. The van der Waals surface area contributed by atoms with Crippen LogP contribution in [0.3, 0.4) is 0 Å². The molecule has 15 heavy (non-hydrogen) atoms. The molecule has 0 aromatic carbocycles. The lowest BCUT2D eigenvalue weighted by atomic mass is 9.89. The van der Waals surface area contributed by atoms with Crippen LogP contribution in [-0.4, -0.2) is 40.9 Å². The van der Waals surface area contributed by atoms with E-state index in [9.17, 15) is 14.7 Å². The van der Waals surface area contributed by atoms with Gasteiger partial charge in [0, 0.05) is 6.54 Å². The molecule has 1 aliphatic heterocycles. The Morgan fingerprint density at radius 1 is 1.67 bits per heavy atom. The fourth-order valence-corrected chi connectivity index (χ4v) is 1.75. The van der Waals surface area contributed by atoms with E-state index in [0.29, 0.717) is 13.0 Å². The Kier molecular flexibility index (Phi) is 3.90. The van der Waals surface area contributed by atoms with Gasteiger partial charge in [0.1, 0.15) is 0 Å². The van der Waals surface area contributed by atoms with Gasteiger partial charge in [-0.1, -0.05) is 0 Å². The van der Waals surface area contributed by atoms with Crippen LogP contribution in [0.25, 0.3) is 0 Å². The summed E-state index contributed by atoms with van der Waals surface area (Å²) in [6.45, 7) is 2.17. The van der Waals surface area contributed by atoms with Gasteiger partial charge in [0.15, 0.2) is 0 Å². The summed E-state index contributed by atoms with van der Waals surface area (Å²) in [5, 5.41) is 23.0. The van der Waals surface area contributed by atoms with Crippen molar-refractivity contribution >= 4 is 12.0 Å². The Hall–Kier alpha value is -1.30. The van der Waals surface area contributed by atoms with E-state index in [1.165, 1.54) is 0 Å². The molecule has 1 rings (SSSR count). The topological polar surface area (TPSA) is 98.7 Å². The van der Waals surface area contributed by atoms with Crippen molar-refractivity contribution in [2.75, 3.05) is 6.54 Å². The molecule has 2 amide bonds. The summed E-state index contributed by atoms with van der Waals surface area (Å²) < 4.78 is 0. The number of aliphatic hydroxyl groups is 1. The van der Waals surface area contributed by atoms with Crippen molar-refractivity contribution in [3.63, 3.8) is 0 Å². The van der Waals surface area contributed by atoms with Gasteiger partial charge in [0.25, 0.3) is 0 Å². The van der Waals surface area contributed by atoms with Crippen molar-refractivity contribution in [3.05, 3.63) is 0 Å². The van der Waals surface area contributed by atoms with Crippen LogP contribution in [0.4, 0.5) is 4.79 Å². The molecule has 1 fully saturated rings. The first-order valence-corrected chi connectivity index (χ1v) is 4.97. The quantitative estimate of drug-likeness (QED) is 0.512. The number of carbonyl (C=O) groups is 2. The minimum atomic E-state index is -1.20. The van der Waals surface area contributed by atoms with Gasteiger partial charge in [0.2, 0.25) is 5.91 Å². The number of nitrogens with one attached hydrogen (secondary N) is 2. The second-order valence-corrected chi connectivity index (χ2v) is 3.77. The zero-order valence-corrected chi connectivity index (χ0v) is 8.56. The summed E-state index contributed by atoms with van der Waals surface area (Å²) >= 11 is 0. The average Bonchev–Trinajstić information content (AvgIpc) is 2.16. The standard InChI is InChI=1S/C9H16N2O4/c1-5(11-9(14)15)7(12)6-3-2-4-10-8(6)13/h5-7,11-12H,2-4H2,1H3,(H,10,13)(H,14,15)/t5?,6-,7+/m0/s1. The third-order valence-corrected chi connectivity index (χ3v) is 2.60. The largest absolute Gasteiger partial charge is 0.465 e. The molecule has 1 unspecified atom stereocenters. The van der Waals surface area contributed by atoms with Gasteiger partial charge in [-0.25, -0.2) is 4.79 Å². The van der Waals surface area contributed by atoms with E-state index in [1.54, 1.807) is 6.92 Å². The van der Waals surface area contributed by atoms with Crippen molar-refractivity contribution in [1.82, 2.24) is 10.6 Å². The number of carbonyl (C=O) groups excluding carboxylic acids is 1. The molecule has 0 aromatic rings. The Bertz CT molecular complexity index is 256. The van der Waals surface area contributed by atoms with Crippen molar-refractivity contribution in [2.45, 2.75) is 31.9 Å². The molecule has 86 valence electrons. The lowest BCUT2D eigenvalue weighted by molar-refractivity contribution is -0.131. The minimum absolute atomic E-state index is 0.201. The fourth-order valence-electron chi connectivity index (χ4n) is 1.75. The molecular formula is C9H16N2O4. The van der Waals surface area contributed by atoms with E-state index in [-0.39, 0.29) is 5.91 Å². The summed E-state index contributed by atoms with van der Waals surface area (Å²) in [4.78, 5) is 21.7. The predicted molar refractivity (Wildman–Crippen MR) is 52.4 cm³/mol. The van der Waals surface area contributed by atoms with Crippen LogP contribution in [0.1, 0.15) is 19.8 Å². The van der Waals surface area contributed by atoms with E-state index in [4.69, 9.17) is 5.11 Å². The Morgan fingerprint density at radius 3 is 2.87 bits per heavy atom. The van der Waals surface area contributed by atoms with Gasteiger partial charge >= 0.3 is 6.09 Å². The first kappa shape index (κ1) is 11.8. The van der Waals surface area contributed by atoms with E-state index in [1.807, 2.05) is 0 Å². The molecule has 0 spiro atoms. The molecule has 1 saturated heterocycles. The average molecular weight is 216 g/mol. The van der Waals surface area contributed by atoms with Crippen LogP contribution in [-0.2, 0) is 4.79 Å². The molecule has 6 nitrogen and oxygen atoms in total. The summed E-state index contributed by atoms with van der Waals surface area (Å²) in [6.07, 6.45) is -0.759. The number of rotatable bonds is 3. The highest BCUT2D eigenvalue weighted by Gasteiger charge is 2.32. The van der Waals surface area contributed by atoms with Gasteiger partial charge in [-0.3, -0.25) is 4.79 Å². The highest BCUT2D eigenvalue weighted by atomic mass is 16.4. The predicted octanol–water partition coefficient (Wildman–Crippen LogP) is -0.470. The van der Waals surface area contributed by atoms with Crippen LogP contribution in [0.5, 0.6) is 0 Å². The molecule has 3 atom stereocenters. The number of hydrogen-bond donors (Lipinski definition) is 4. The van der Waals surface area contributed by atoms with Crippen molar-refractivity contribution in [2.24, 2.45) is 5.92 Å². The summed E-state index contributed by atoms with van der Waals surface area (Å²) in [7, 11) is 0. The minimum Gasteiger partial charge on any atom is -0.465 e. The molecule has 0 saturated carbocycles. The highest BCUT2D eigenvalue weighted by Crippen LogP contribution is 2.17. The van der Waals surface area contributed by atoms with Gasteiger partial charge in [-0.2, -0.15) is 0 Å². The van der Waals surface area contributed by atoms with Crippen LogP contribution in [0.15, 0.2) is 0 Å². The maximum atomic E-state index is 11.4. The van der Waals surface area contributed by atoms with Crippen LogP contribution < -0.4 is 10.6 Å². The zero-order chi connectivity index (χ0) is 11.4. The first-order chi connectivity index (χ1) is 7.02. The SMILES string of the molecule is CC(NC(=O)O)[C@@H](O)[C@@H]1CCCNC1=O. The van der Waals surface area contributed by atoms with Gasteiger partial charge < -0.3 is 20.8 Å². The van der Waals surface area contributed by atoms with Crippen LogP contribution in [0.2, 0.25) is 0 Å². The summed E-state index contributed by atoms with van der Waals surface area (Å²) in [5.41, 5.74) is 0. The number of aliphatic hydroxyl groups excluding tert-OH is 1. The molecular weight excluding hydrogens is 200 g/mol. The summed E-state index contributed by atoms with van der Waals surface area (Å²) in [6, 6.07) is -0.642. The molecule has 4 N–H and O–H groups in total. The number of carboxylic acid groups (broad SMARTS) is 1. The lowest BCUT2D eigenvalue weighted by Gasteiger charge is -2.29. The molecule has 1 heterocycles. The fraction of sp³-hybridized carbons (Fsp3) is 0.778. The maximum Gasteiger partial charge on any atom is 0.404 e. The van der Waals surface area contributed by atoms with E-state index < -0.39 is 24.2 Å². The molecule has 0 radical (unpaired) electrons. The van der Waals surface area contributed by atoms with E-state index >= 15 is 0 Å². The smallest absolute Gasteiger partial charge is 0.404 e. The van der Waals surface area contributed by atoms with Crippen molar-refractivity contribution in [3.8, 4) is 0 Å². The number of hydrogen-bond acceptors (Lipinski definition) is 3. The zero-order valence-electron chi connectivity index (χ0n) is 8.56. The summed E-state index contributed by atoms with van der Waals surface area (Å²) in [5.74, 6) is -0.714. The Labute approximate surface area is 87.7 Å². The van der Waals surface area contributed by atoms with E-state index in [0.717, 1.165) is 6.42 Å². The van der Waals surface area contributed by atoms with Gasteiger partial charge in [0.05, 0.1) is 18.1 Å². The Balaban J connectivity index is 2.53. The normalized spacial score (nSPS) is 25.2.